The van der Waals surface area contributed by atoms with Gasteiger partial charge in [0, 0.05) is 0 Å². The Labute approximate surface area is 83.0 Å². The summed E-state index contributed by atoms with van der Waals surface area (Å²) in [6.07, 6.45) is 10.8. The molecule has 0 spiro atoms. The number of hydrogen-bond acceptors (Lipinski definition) is 0. The molecule has 0 aromatic carbocycles. The number of allylic oxidation sites excluding steroid dienone is 5. The molecule has 3 unspecified atom stereocenters. The van der Waals surface area contributed by atoms with Crippen LogP contribution in [-0.2, 0) is 0 Å². The monoisotopic (exact) mass is 178 g/mol. The van der Waals surface area contributed by atoms with Crippen molar-refractivity contribution < 1.29 is 0 Å². The maximum atomic E-state index is 3.75. The molecule has 0 saturated carbocycles. The highest BCUT2D eigenvalue weighted by Crippen LogP contribution is 2.14. The van der Waals surface area contributed by atoms with Crippen molar-refractivity contribution in [3.05, 3.63) is 37.0 Å². The molecule has 0 heteroatoms. The van der Waals surface area contributed by atoms with Crippen LogP contribution in [0.15, 0.2) is 37.0 Å². The Balaban J connectivity index is 4.04. The standard InChI is InChI=1S/C13H22/c1-6-8-12(4)13(5)10-9-11(3)7-2/h6-13H,2H2,1,3-5H3/b8-6-,10-9?. The molecule has 0 amide bonds. The van der Waals surface area contributed by atoms with Crippen LogP contribution < -0.4 is 0 Å². The summed E-state index contributed by atoms with van der Waals surface area (Å²) in [5.41, 5.74) is 0. The predicted octanol–water partition coefficient (Wildman–Crippen LogP) is 4.21. The van der Waals surface area contributed by atoms with Gasteiger partial charge < -0.3 is 0 Å². The summed E-state index contributed by atoms with van der Waals surface area (Å²) >= 11 is 0. The van der Waals surface area contributed by atoms with E-state index in [0.717, 1.165) is 0 Å². The summed E-state index contributed by atoms with van der Waals surface area (Å²) in [6.45, 7) is 12.5. The molecule has 0 aliphatic rings. The Hall–Kier alpha value is -0.780. The van der Waals surface area contributed by atoms with E-state index in [1.807, 2.05) is 6.08 Å². The van der Waals surface area contributed by atoms with Gasteiger partial charge in [-0.15, -0.1) is 6.58 Å². The minimum absolute atomic E-state index is 0.486. The van der Waals surface area contributed by atoms with Gasteiger partial charge in [-0.2, -0.15) is 0 Å². The summed E-state index contributed by atoms with van der Waals surface area (Å²) in [6, 6.07) is 0. The first kappa shape index (κ1) is 12.2. The molecule has 74 valence electrons. The van der Waals surface area contributed by atoms with Gasteiger partial charge in [0.05, 0.1) is 0 Å². The lowest BCUT2D eigenvalue weighted by Gasteiger charge is -2.12. The van der Waals surface area contributed by atoms with Crippen LogP contribution in [0.3, 0.4) is 0 Å². The molecule has 0 aromatic rings. The molecule has 0 bridgehead atoms. The first-order valence-corrected chi connectivity index (χ1v) is 5.05. The van der Waals surface area contributed by atoms with Crippen LogP contribution in [0.2, 0.25) is 0 Å². The third-order valence-corrected chi connectivity index (χ3v) is 2.42. The molecule has 13 heavy (non-hydrogen) atoms. The molecule has 0 radical (unpaired) electrons. The smallest absolute Gasteiger partial charge is 0.00845 e. The molecule has 0 N–H and O–H groups in total. The predicted molar refractivity (Wildman–Crippen MR) is 61.6 cm³/mol. The van der Waals surface area contributed by atoms with Gasteiger partial charge in [0.25, 0.3) is 0 Å². The highest BCUT2D eigenvalue weighted by atomic mass is 14.1. The molecule has 0 aromatic heterocycles. The van der Waals surface area contributed by atoms with E-state index >= 15 is 0 Å². The van der Waals surface area contributed by atoms with Gasteiger partial charge in [-0.1, -0.05) is 51.2 Å². The topological polar surface area (TPSA) is 0 Å². The molecule has 0 rings (SSSR count). The molecule has 0 nitrogen and oxygen atoms in total. The molecular weight excluding hydrogens is 156 g/mol. The fourth-order valence-corrected chi connectivity index (χ4v) is 1.08. The maximum Gasteiger partial charge on any atom is -0.00845 e. The molecule has 0 saturated heterocycles. The van der Waals surface area contributed by atoms with Gasteiger partial charge in [0.15, 0.2) is 0 Å². The SMILES string of the molecule is C=CC(C)C=CC(C)C(C)/C=C\C. The molecule has 0 aliphatic heterocycles. The van der Waals surface area contributed by atoms with Crippen LogP contribution >= 0.6 is 0 Å². The summed E-state index contributed by atoms with van der Waals surface area (Å²) in [7, 11) is 0. The highest BCUT2D eigenvalue weighted by molar-refractivity contribution is 5.00. The van der Waals surface area contributed by atoms with E-state index in [9.17, 15) is 0 Å². The summed E-state index contributed by atoms with van der Waals surface area (Å²) in [5, 5.41) is 0. The summed E-state index contributed by atoms with van der Waals surface area (Å²) < 4.78 is 0. The van der Waals surface area contributed by atoms with Gasteiger partial charge in [-0.25, -0.2) is 0 Å². The van der Waals surface area contributed by atoms with Crippen LogP contribution in [-0.4, -0.2) is 0 Å². The van der Waals surface area contributed by atoms with Crippen molar-refractivity contribution in [2.75, 3.05) is 0 Å². The quantitative estimate of drug-likeness (QED) is 0.553. The fourth-order valence-electron chi connectivity index (χ4n) is 1.08. The zero-order valence-electron chi connectivity index (χ0n) is 9.33. The van der Waals surface area contributed by atoms with E-state index in [2.05, 4.69) is 58.6 Å². The van der Waals surface area contributed by atoms with Crippen molar-refractivity contribution in [3.8, 4) is 0 Å². The molecular formula is C13H22. The van der Waals surface area contributed by atoms with Gasteiger partial charge >= 0.3 is 0 Å². The second kappa shape index (κ2) is 6.71. The molecule has 0 aliphatic carbocycles. The first-order chi connectivity index (χ1) is 6.11. The van der Waals surface area contributed by atoms with Crippen LogP contribution in [0, 0.1) is 17.8 Å². The lowest BCUT2D eigenvalue weighted by molar-refractivity contribution is 0.555. The normalized spacial score (nSPS) is 19.1. The Morgan fingerprint density at radius 3 is 1.92 bits per heavy atom. The lowest BCUT2D eigenvalue weighted by Crippen LogP contribution is -2.01. The Morgan fingerprint density at radius 1 is 0.923 bits per heavy atom. The zero-order chi connectivity index (χ0) is 10.3. The molecule has 3 atom stereocenters. The Morgan fingerprint density at radius 2 is 1.46 bits per heavy atom. The average Bonchev–Trinajstić information content (AvgIpc) is 2.13. The highest BCUT2D eigenvalue weighted by Gasteiger charge is 2.04. The Kier molecular flexibility index (Phi) is 6.30. The van der Waals surface area contributed by atoms with Gasteiger partial charge in [0.2, 0.25) is 0 Å². The van der Waals surface area contributed by atoms with Gasteiger partial charge in [-0.3, -0.25) is 0 Å². The number of rotatable bonds is 5. The van der Waals surface area contributed by atoms with E-state index in [1.165, 1.54) is 0 Å². The van der Waals surface area contributed by atoms with Crippen molar-refractivity contribution in [3.63, 3.8) is 0 Å². The van der Waals surface area contributed by atoms with Crippen molar-refractivity contribution >= 4 is 0 Å². The van der Waals surface area contributed by atoms with Crippen LogP contribution in [0.4, 0.5) is 0 Å². The van der Waals surface area contributed by atoms with Crippen LogP contribution in [0.5, 0.6) is 0 Å². The third-order valence-electron chi connectivity index (χ3n) is 2.42. The van der Waals surface area contributed by atoms with Crippen LogP contribution in [0.25, 0.3) is 0 Å². The first-order valence-electron chi connectivity index (χ1n) is 5.05. The largest absolute Gasteiger partial charge is 0.102 e. The maximum absolute atomic E-state index is 3.75. The van der Waals surface area contributed by atoms with E-state index in [0.29, 0.717) is 17.8 Å². The van der Waals surface area contributed by atoms with Crippen molar-refractivity contribution in [1.29, 1.82) is 0 Å². The number of hydrogen-bond donors (Lipinski definition) is 0. The third kappa shape index (κ3) is 5.46. The minimum atomic E-state index is 0.486. The average molecular weight is 178 g/mol. The summed E-state index contributed by atoms with van der Waals surface area (Å²) in [4.78, 5) is 0. The van der Waals surface area contributed by atoms with E-state index < -0.39 is 0 Å². The van der Waals surface area contributed by atoms with Crippen molar-refractivity contribution in [2.45, 2.75) is 27.7 Å². The second-order valence-corrected chi connectivity index (χ2v) is 3.72. The van der Waals surface area contributed by atoms with Crippen LogP contribution in [0.1, 0.15) is 27.7 Å². The molecule has 0 fully saturated rings. The Bertz CT molecular complexity index is 186. The summed E-state index contributed by atoms with van der Waals surface area (Å²) in [5.74, 6) is 1.72. The van der Waals surface area contributed by atoms with E-state index in [-0.39, 0.29) is 0 Å². The fraction of sp³-hybridized carbons (Fsp3) is 0.538. The zero-order valence-corrected chi connectivity index (χ0v) is 9.33. The van der Waals surface area contributed by atoms with Crippen molar-refractivity contribution in [2.24, 2.45) is 17.8 Å². The second-order valence-electron chi connectivity index (χ2n) is 3.72. The van der Waals surface area contributed by atoms with Gasteiger partial charge in [-0.05, 0) is 24.7 Å². The minimum Gasteiger partial charge on any atom is -0.102 e. The van der Waals surface area contributed by atoms with E-state index in [4.69, 9.17) is 0 Å². The lowest BCUT2D eigenvalue weighted by atomic mass is 9.94. The molecule has 0 heterocycles. The van der Waals surface area contributed by atoms with Crippen molar-refractivity contribution in [1.82, 2.24) is 0 Å². The van der Waals surface area contributed by atoms with E-state index in [1.54, 1.807) is 0 Å². The van der Waals surface area contributed by atoms with Gasteiger partial charge in [0.1, 0.15) is 0 Å².